The monoisotopic (exact) mass is 395 g/mol. The molecule has 6 heteroatoms. The highest BCUT2D eigenvalue weighted by Gasteiger charge is 2.22. The standard InChI is InChI=1S/C19H14BrN3O2/c1-12-8-13-9-15(3-5-16(13)22-10-12)25-18(19-21-6-7-24-19)17-4-2-14(20)11-23-17/h2-11,18H,1H3. The van der Waals surface area contributed by atoms with Gasteiger partial charge < -0.3 is 9.15 Å². The SMILES string of the molecule is Cc1cnc2ccc(OC(c3ccc(Br)cn3)c3ncco3)cc2c1. The number of fused-ring (bicyclic) bond motifs is 1. The lowest BCUT2D eigenvalue weighted by atomic mass is 10.1. The minimum Gasteiger partial charge on any atom is -0.474 e. The fraction of sp³-hybridized carbons (Fsp3) is 0.105. The van der Waals surface area contributed by atoms with Gasteiger partial charge in [0, 0.05) is 22.3 Å². The van der Waals surface area contributed by atoms with Crippen molar-refractivity contribution in [2.24, 2.45) is 0 Å². The zero-order valence-electron chi connectivity index (χ0n) is 13.4. The molecule has 0 aliphatic carbocycles. The Morgan fingerprint density at radius 1 is 1.04 bits per heavy atom. The van der Waals surface area contributed by atoms with Crippen molar-refractivity contribution < 1.29 is 9.15 Å². The number of rotatable bonds is 4. The fourth-order valence-corrected chi connectivity index (χ4v) is 2.81. The van der Waals surface area contributed by atoms with Gasteiger partial charge in [-0.2, -0.15) is 0 Å². The zero-order chi connectivity index (χ0) is 17.2. The molecule has 0 bridgehead atoms. The van der Waals surface area contributed by atoms with Gasteiger partial charge in [-0.1, -0.05) is 0 Å². The van der Waals surface area contributed by atoms with Crippen molar-refractivity contribution in [3.8, 4) is 5.75 Å². The molecule has 0 saturated heterocycles. The molecule has 4 aromatic rings. The minimum atomic E-state index is -0.529. The average molecular weight is 396 g/mol. The van der Waals surface area contributed by atoms with E-state index in [0.29, 0.717) is 17.3 Å². The summed E-state index contributed by atoms with van der Waals surface area (Å²) < 4.78 is 12.5. The number of benzene rings is 1. The van der Waals surface area contributed by atoms with Gasteiger partial charge in [-0.25, -0.2) is 4.98 Å². The lowest BCUT2D eigenvalue weighted by Gasteiger charge is -2.16. The first-order valence-corrected chi connectivity index (χ1v) is 8.52. The lowest BCUT2D eigenvalue weighted by molar-refractivity contribution is 0.203. The second kappa shape index (κ2) is 6.64. The van der Waals surface area contributed by atoms with Crippen LogP contribution in [0.2, 0.25) is 0 Å². The number of aryl methyl sites for hydroxylation is 1. The predicted molar refractivity (Wildman–Crippen MR) is 97.4 cm³/mol. The molecule has 3 heterocycles. The van der Waals surface area contributed by atoms with E-state index in [1.54, 1.807) is 12.4 Å². The number of hydrogen-bond donors (Lipinski definition) is 0. The summed E-state index contributed by atoms with van der Waals surface area (Å²) in [5.41, 5.74) is 2.74. The van der Waals surface area contributed by atoms with Crippen LogP contribution in [0.15, 0.2) is 70.1 Å². The van der Waals surface area contributed by atoms with Crippen molar-refractivity contribution >= 4 is 26.8 Å². The molecule has 0 aliphatic heterocycles. The second-order valence-corrected chi connectivity index (χ2v) is 6.55. The number of pyridine rings is 2. The first kappa shape index (κ1) is 15.8. The molecule has 0 radical (unpaired) electrons. The molecule has 4 rings (SSSR count). The highest BCUT2D eigenvalue weighted by Crippen LogP contribution is 2.29. The molecule has 0 amide bonds. The second-order valence-electron chi connectivity index (χ2n) is 5.64. The topological polar surface area (TPSA) is 61.0 Å². The van der Waals surface area contributed by atoms with Gasteiger partial charge in [0.05, 0.1) is 17.4 Å². The van der Waals surface area contributed by atoms with Crippen LogP contribution in [0.25, 0.3) is 10.9 Å². The summed E-state index contributed by atoms with van der Waals surface area (Å²) in [6.07, 6.45) is 6.17. The molecule has 124 valence electrons. The van der Waals surface area contributed by atoms with Crippen LogP contribution in [0, 0.1) is 6.92 Å². The summed E-state index contributed by atoms with van der Waals surface area (Å²) in [7, 11) is 0. The van der Waals surface area contributed by atoms with E-state index in [-0.39, 0.29) is 0 Å². The first-order valence-electron chi connectivity index (χ1n) is 7.73. The maximum Gasteiger partial charge on any atom is 0.241 e. The van der Waals surface area contributed by atoms with Gasteiger partial charge in [-0.05, 0) is 64.8 Å². The number of ether oxygens (including phenoxy) is 1. The summed E-state index contributed by atoms with van der Waals surface area (Å²) in [5.74, 6) is 1.16. The third kappa shape index (κ3) is 3.39. The Kier molecular flexibility index (Phi) is 4.19. The summed E-state index contributed by atoms with van der Waals surface area (Å²) in [5, 5.41) is 1.02. The van der Waals surface area contributed by atoms with Crippen molar-refractivity contribution in [3.05, 3.63) is 82.9 Å². The lowest BCUT2D eigenvalue weighted by Crippen LogP contribution is -2.11. The van der Waals surface area contributed by atoms with Crippen molar-refractivity contribution in [2.45, 2.75) is 13.0 Å². The molecular weight excluding hydrogens is 382 g/mol. The highest BCUT2D eigenvalue weighted by atomic mass is 79.9. The molecule has 0 saturated carbocycles. The van der Waals surface area contributed by atoms with E-state index in [2.05, 4.69) is 36.9 Å². The quantitative estimate of drug-likeness (QED) is 0.493. The Labute approximate surface area is 152 Å². The molecule has 1 unspecified atom stereocenters. The maximum atomic E-state index is 6.17. The number of halogens is 1. The zero-order valence-corrected chi connectivity index (χ0v) is 15.0. The Morgan fingerprint density at radius 3 is 2.72 bits per heavy atom. The number of oxazole rings is 1. The molecule has 0 aliphatic rings. The minimum absolute atomic E-state index is 0.456. The molecule has 5 nitrogen and oxygen atoms in total. The molecule has 0 N–H and O–H groups in total. The Hall–Kier alpha value is -2.73. The van der Waals surface area contributed by atoms with Crippen LogP contribution in [0.4, 0.5) is 0 Å². The van der Waals surface area contributed by atoms with E-state index in [1.807, 2.05) is 43.5 Å². The Morgan fingerprint density at radius 2 is 1.96 bits per heavy atom. The fourth-order valence-electron chi connectivity index (χ4n) is 2.57. The van der Waals surface area contributed by atoms with E-state index in [1.165, 1.54) is 6.26 Å². The van der Waals surface area contributed by atoms with Crippen molar-refractivity contribution in [2.75, 3.05) is 0 Å². The van der Waals surface area contributed by atoms with Gasteiger partial charge in [-0.15, -0.1) is 0 Å². The Balaban J connectivity index is 1.72. The third-order valence-electron chi connectivity index (χ3n) is 3.74. The summed E-state index contributed by atoms with van der Waals surface area (Å²) in [4.78, 5) is 13.1. The van der Waals surface area contributed by atoms with E-state index in [4.69, 9.17) is 9.15 Å². The van der Waals surface area contributed by atoms with Gasteiger partial charge in [-0.3, -0.25) is 9.97 Å². The summed E-state index contributed by atoms with van der Waals surface area (Å²) in [6, 6.07) is 11.7. The number of nitrogens with zero attached hydrogens (tertiary/aromatic N) is 3. The van der Waals surface area contributed by atoms with Crippen molar-refractivity contribution in [1.82, 2.24) is 15.0 Å². The highest BCUT2D eigenvalue weighted by molar-refractivity contribution is 9.10. The summed E-state index contributed by atoms with van der Waals surface area (Å²) in [6.45, 7) is 2.02. The molecular formula is C19H14BrN3O2. The molecule has 3 aromatic heterocycles. The molecule has 0 spiro atoms. The third-order valence-corrected chi connectivity index (χ3v) is 4.21. The normalized spacial score (nSPS) is 12.2. The van der Waals surface area contributed by atoms with Gasteiger partial charge in [0.25, 0.3) is 0 Å². The van der Waals surface area contributed by atoms with Crippen LogP contribution in [-0.2, 0) is 0 Å². The van der Waals surface area contributed by atoms with E-state index >= 15 is 0 Å². The van der Waals surface area contributed by atoms with Crippen molar-refractivity contribution in [3.63, 3.8) is 0 Å². The maximum absolute atomic E-state index is 6.17. The van der Waals surface area contributed by atoms with Crippen LogP contribution >= 0.6 is 15.9 Å². The van der Waals surface area contributed by atoms with Crippen LogP contribution in [0.5, 0.6) is 5.75 Å². The molecule has 25 heavy (non-hydrogen) atoms. The van der Waals surface area contributed by atoms with Gasteiger partial charge in [0.15, 0.2) is 0 Å². The largest absolute Gasteiger partial charge is 0.474 e. The predicted octanol–water partition coefficient (Wildman–Crippen LogP) is 4.86. The molecule has 1 aromatic carbocycles. The molecule has 1 atom stereocenters. The summed E-state index contributed by atoms with van der Waals surface area (Å²) >= 11 is 3.39. The van der Waals surface area contributed by atoms with Crippen LogP contribution in [0.1, 0.15) is 23.3 Å². The van der Waals surface area contributed by atoms with Crippen LogP contribution < -0.4 is 4.74 Å². The van der Waals surface area contributed by atoms with Gasteiger partial charge >= 0.3 is 0 Å². The van der Waals surface area contributed by atoms with E-state index in [0.717, 1.165) is 20.9 Å². The van der Waals surface area contributed by atoms with E-state index < -0.39 is 6.10 Å². The first-order chi connectivity index (χ1) is 12.2. The van der Waals surface area contributed by atoms with Crippen molar-refractivity contribution in [1.29, 1.82) is 0 Å². The van der Waals surface area contributed by atoms with Crippen LogP contribution in [-0.4, -0.2) is 15.0 Å². The van der Waals surface area contributed by atoms with Gasteiger partial charge in [0.2, 0.25) is 12.0 Å². The Bertz CT molecular complexity index is 1000. The number of aromatic nitrogens is 3. The smallest absolute Gasteiger partial charge is 0.241 e. The molecule has 0 fully saturated rings. The van der Waals surface area contributed by atoms with Crippen LogP contribution in [0.3, 0.4) is 0 Å². The number of hydrogen-bond acceptors (Lipinski definition) is 5. The van der Waals surface area contributed by atoms with Gasteiger partial charge in [0.1, 0.15) is 12.0 Å². The van der Waals surface area contributed by atoms with E-state index in [9.17, 15) is 0 Å². The average Bonchev–Trinajstić information content (AvgIpc) is 3.14.